The largest absolute Gasteiger partial charge is 0.457 e. The highest BCUT2D eigenvalue weighted by atomic mass is 16.5. The molecule has 0 saturated carbocycles. The molecule has 0 aliphatic carbocycles. The van der Waals surface area contributed by atoms with Crippen LogP contribution in [0, 0.1) is 0 Å². The first-order chi connectivity index (χ1) is 11.2. The first-order valence-electron chi connectivity index (χ1n) is 7.88. The molecule has 3 aromatic carbocycles. The van der Waals surface area contributed by atoms with Crippen LogP contribution in [0.5, 0.6) is 11.5 Å². The Hall–Kier alpha value is -2.74. The van der Waals surface area contributed by atoms with Crippen molar-refractivity contribution in [2.24, 2.45) is 0 Å². The van der Waals surface area contributed by atoms with Crippen molar-refractivity contribution in [1.29, 1.82) is 0 Å². The predicted octanol–water partition coefficient (Wildman–Crippen LogP) is 5.12. The van der Waals surface area contributed by atoms with Crippen LogP contribution in [-0.4, -0.2) is 14.1 Å². The molecule has 1 aliphatic rings. The third-order valence-electron chi connectivity index (χ3n) is 4.39. The maximum Gasteiger partial charge on any atom is 0.131 e. The molecule has 0 radical (unpaired) electrons. The van der Waals surface area contributed by atoms with Crippen LogP contribution in [0.15, 0.2) is 66.7 Å². The number of rotatable bonds is 2. The van der Waals surface area contributed by atoms with E-state index in [0.29, 0.717) is 0 Å². The molecule has 0 fully saturated rings. The van der Waals surface area contributed by atoms with Gasteiger partial charge >= 0.3 is 0 Å². The topological polar surface area (TPSA) is 12.5 Å². The molecule has 0 bridgehead atoms. The highest BCUT2D eigenvalue weighted by molar-refractivity contribution is 5.73. The van der Waals surface area contributed by atoms with E-state index in [2.05, 4.69) is 73.6 Å². The zero-order chi connectivity index (χ0) is 15.8. The summed E-state index contributed by atoms with van der Waals surface area (Å²) in [5, 5.41) is 0. The second-order valence-corrected chi connectivity index (χ2v) is 6.11. The van der Waals surface area contributed by atoms with Crippen LogP contribution in [0.4, 0.5) is 5.69 Å². The summed E-state index contributed by atoms with van der Waals surface area (Å²) < 4.78 is 6.09. The van der Waals surface area contributed by atoms with Crippen molar-refractivity contribution >= 4 is 5.69 Å². The zero-order valence-electron chi connectivity index (χ0n) is 13.4. The predicted molar refractivity (Wildman–Crippen MR) is 95.5 cm³/mol. The molecule has 23 heavy (non-hydrogen) atoms. The second-order valence-electron chi connectivity index (χ2n) is 6.11. The van der Waals surface area contributed by atoms with Crippen molar-refractivity contribution < 1.29 is 4.74 Å². The smallest absolute Gasteiger partial charge is 0.131 e. The Bertz CT molecular complexity index is 850. The summed E-state index contributed by atoms with van der Waals surface area (Å²) in [6, 6.07) is 23.3. The van der Waals surface area contributed by atoms with E-state index in [-0.39, 0.29) is 0 Å². The van der Waals surface area contributed by atoms with E-state index in [1.54, 1.807) is 0 Å². The summed E-state index contributed by atoms with van der Waals surface area (Å²) in [5.74, 6) is 1.94. The van der Waals surface area contributed by atoms with Gasteiger partial charge in [0.25, 0.3) is 0 Å². The molecule has 1 aliphatic heterocycles. The van der Waals surface area contributed by atoms with Crippen molar-refractivity contribution in [1.82, 2.24) is 0 Å². The number of para-hydroxylation sites is 1. The van der Waals surface area contributed by atoms with Crippen LogP contribution in [-0.2, 0) is 6.42 Å². The van der Waals surface area contributed by atoms with Crippen LogP contribution >= 0.6 is 0 Å². The van der Waals surface area contributed by atoms with Gasteiger partial charge in [-0.3, -0.25) is 0 Å². The van der Waals surface area contributed by atoms with Gasteiger partial charge in [0.05, 0.1) is 0 Å². The number of benzene rings is 3. The van der Waals surface area contributed by atoms with Gasteiger partial charge in [-0.1, -0.05) is 42.5 Å². The Balaban J connectivity index is 1.77. The van der Waals surface area contributed by atoms with Crippen LogP contribution in [0.25, 0.3) is 11.1 Å². The zero-order valence-corrected chi connectivity index (χ0v) is 13.4. The van der Waals surface area contributed by atoms with Gasteiger partial charge in [0.15, 0.2) is 0 Å². The third-order valence-corrected chi connectivity index (χ3v) is 4.39. The Kier molecular flexibility index (Phi) is 3.30. The Morgan fingerprint density at radius 3 is 2.30 bits per heavy atom. The van der Waals surface area contributed by atoms with Gasteiger partial charge < -0.3 is 9.64 Å². The molecule has 1 heterocycles. The molecular weight excluding hydrogens is 282 g/mol. The van der Waals surface area contributed by atoms with Crippen LogP contribution in [0.2, 0.25) is 0 Å². The van der Waals surface area contributed by atoms with Crippen LogP contribution < -0.4 is 9.64 Å². The molecule has 0 spiro atoms. The van der Waals surface area contributed by atoms with Gasteiger partial charge in [-0.2, -0.15) is 0 Å². The van der Waals surface area contributed by atoms with E-state index in [1.807, 2.05) is 12.1 Å². The van der Waals surface area contributed by atoms with E-state index in [9.17, 15) is 0 Å². The minimum atomic E-state index is 0.914. The molecule has 3 aromatic rings. The van der Waals surface area contributed by atoms with Gasteiger partial charge in [0.1, 0.15) is 11.5 Å². The standard InChI is InChI=1S/C21H19NO/c1-22(2)17-12-10-15(11-13-17)18-7-5-9-21-19(18)14-16-6-3-4-8-20(16)23-21/h3-13H,14H2,1-2H3. The number of anilines is 1. The van der Waals surface area contributed by atoms with Gasteiger partial charge in [0.2, 0.25) is 0 Å². The van der Waals surface area contributed by atoms with Gasteiger partial charge in [-0.15, -0.1) is 0 Å². The van der Waals surface area contributed by atoms with Crippen molar-refractivity contribution in [2.75, 3.05) is 19.0 Å². The van der Waals surface area contributed by atoms with Crippen LogP contribution in [0.1, 0.15) is 11.1 Å². The Morgan fingerprint density at radius 2 is 1.52 bits per heavy atom. The minimum absolute atomic E-state index is 0.914. The van der Waals surface area contributed by atoms with Crippen molar-refractivity contribution in [3.8, 4) is 22.6 Å². The van der Waals surface area contributed by atoms with E-state index in [0.717, 1.165) is 17.9 Å². The average molecular weight is 301 g/mol. The molecule has 0 unspecified atom stereocenters. The number of ether oxygens (including phenoxy) is 1. The third kappa shape index (κ3) is 2.46. The lowest BCUT2D eigenvalue weighted by Crippen LogP contribution is -2.08. The van der Waals surface area contributed by atoms with Crippen molar-refractivity contribution in [2.45, 2.75) is 6.42 Å². The number of hydrogen-bond acceptors (Lipinski definition) is 2. The summed E-state index contributed by atoms with van der Waals surface area (Å²) in [7, 11) is 4.12. The summed E-state index contributed by atoms with van der Waals surface area (Å²) in [6.07, 6.45) is 0.914. The molecule has 4 rings (SSSR count). The summed E-state index contributed by atoms with van der Waals surface area (Å²) in [6.45, 7) is 0. The van der Waals surface area contributed by atoms with Crippen molar-refractivity contribution in [3.63, 3.8) is 0 Å². The van der Waals surface area contributed by atoms with E-state index in [1.165, 1.54) is 27.9 Å². The lowest BCUT2D eigenvalue weighted by Gasteiger charge is -2.23. The first kappa shape index (κ1) is 13.9. The van der Waals surface area contributed by atoms with Gasteiger partial charge in [-0.25, -0.2) is 0 Å². The maximum absolute atomic E-state index is 6.09. The Morgan fingerprint density at radius 1 is 0.783 bits per heavy atom. The molecule has 0 amide bonds. The quantitative estimate of drug-likeness (QED) is 0.510. The van der Waals surface area contributed by atoms with E-state index in [4.69, 9.17) is 4.74 Å². The fraction of sp³-hybridized carbons (Fsp3) is 0.143. The SMILES string of the molecule is CN(C)c1ccc(-c2cccc3c2Cc2ccccc2O3)cc1. The fourth-order valence-electron chi connectivity index (χ4n) is 3.11. The molecule has 114 valence electrons. The minimum Gasteiger partial charge on any atom is -0.457 e. The van der Waals surface area contributed by atoms with E-state index >= 15 is 0 Å². The lowest BCUT2D eigenvalue weighted by molar-refractivity contribution is 0.460. The normalized spacial score (nSPS) is 12.1. The molecule has 0 atom stereocenters. The molecule has 0 aromatic heterocycles. The van der Waals surface area contributed by atoms with Gasteiger partial charge in [-0.05, 0) is 41.0 Å². The first-order valence-corrected chi connectivity index (χ1v) is 7.88. The number of nitrogens with zero attached hydrogens (tertiary/aromatic N) is 1. The number of hydrogen-bond donors (Lipinski definition) is 0. The summed E-state index contributed by atoms with van der Waals surface area (Å²) in [5.41, 5.74) is 6.21. The monoisotopic (exact) mass is 301 g/mol. The maximum atomic E-state index is 6.09. The Labute approximate surface area is 137 Å². The van der Waals surface area contributed by atoms with Gasteiger partial charge in [0, 0.05) is 31.8 Å². The molecule has 0 saturated heterocycles. The molecule has 2 heteroatoms. The highest BCUT2D eigenvalue weighted by Crippen LogP contribution is 2.41. The van der Waals surface area contributed by atoms with E-state index < -0.39 is 0 Å². The average Bonchev–Trinajstić information content (AvgIpc) is 2.59. The second kappa shape index (κ2) is 5.47. The molecule has 2 nitrogen and oxygen atoms in total. The lowest BCUT2D eigenvalue weighted by atomic mass is 9.92. The van der Waals surface area contributed by atoms with Crippen molar-refractivity contribution in [3.05, 3.63) is 77.9 Å². The fourth-order valence-corrected chi connectivity index (χ4v) is 3.11. The number of fused-ring (bicyclic) bond motifs is 2. The molecule has 0 N–H and O–H groups in total. The highest BCUT2D eigenvalue weighted by Gasteiger charge is 2.19. The molecular formula is C21H19NO. The summed E-state index contributed by atoms with van der Waals surface area (Å²) >= 11 is 0. The summed E-state index contributed by atoms with van der Waals surface area (Å²) in [4.78, 5) is 2.11. The van der Waals surface area contributed by atoms with Crippen LogP contribution in [0.3, 0.4) is 0 Å².